The van der Waals surface area contributed by atoms with Crippen molar-refractivity contribution in [1.82, 2.24) is 9.97 Å². The van der Waals surface area contributed by atoms with Gasteiger partial charge in [0.2, 0.25) is 0 Å². The molecule has 0 spiro atoms. The Kier molecular flexibility index (Phi) is 3.96. The van der Waals surface area contributed by atoms with Gasteiger partial charge in [0.15, 0.2) is 0 Å². The van der Waals surface area contributed by atoms with Gasteiger partial charge in [-0.3, -0.25) is 0 Å². The van der Waals surface area contributed by atoms with Crippen molar-refractivity contribution in [2.75, 3.05) is 11.9 Å². The number of nitrogens with one attached hydrogen (secondary N) is 1. The van der Waals surface area contributed by atoms with Crippen LogP contribution in [0.5, 0.6) is 0 Å². The molecule has 1 saturated carbocycles. The molecule has 5 heteroatoms. The normalized spacial score (nSPS) is 25.4. The van der Waals surface area contributed by atoms with Gasteiger partial charge >= 0.3 is 0 Å². The SMILES string of the molecule is OC1CCCCC1CNc1cc(Cl)ncn1. The van der Waals surface area contributed by atoms with E-state index in [2.05, 4.69) is 15.3 Å². The summed E-state index contributed by atoms with van der Waals surface area (Å²) in [5.41, 5.74) is 0. The molecule has 2 unspecified atom stereocenters. The summed E-state index contributed by atoms with van der Waals surface area (Å²) in [6.45, 7) is 0.745. The average Bonchev–Trinajstić information content (AvgIpc) is 2.28. The van der Waals surface area contributed by atoms with Gasteiger partial charge in [-0.2, -0.15) is 0 Å². The van der Waals surface area contributed by atoms with E-state index in [1.165, 1.54) is 12.7 Å². The molecule has 1 aromatic heterocycles. The highest BCUT2D eigenvalue weighted by Gasteiger charge is 2.22. The third-order valence-electron chi connectivity index (χ3n) is 3.05. The Hall–Kier alpha value is -0.870. The van der Waals surface area contributed by atoms with Crippen molar-refractivity contribution in [3.63, 3.8) is 0 Å². The summed E-state index contributed by atoms with van der Waals surface area (Å²) >= 11 is 5.75. The van der Waals surface area contributed by atoms with Crippen LogP contribution in [0.4, 0.5) is 5.82 Å². The average molecular weight is 242 g/mol. The maximum Gasteiger partial charge on any atom is 0.134 e. The summed E-state index contributed by atoms with van der Waals surface area (Å²) in [5, 5.41) is 13.4. The van der Waals surface area contributed by atoms with Crippen molar-refractivity contribution in [1.29, 1.82) is 0 Å². The van der Waals surface area contributed by atoms with E-state index < -0.39 is 0 Å². The van der Waals surface area contributed by atoms with Gasteiger partial charge < -0.3 is 10.4 Å². The van der Waals surface area contributed by atoms with Gasteiger partial charge in [-0.25, -0.2) is 9.97 Å². The molecular weight excluding hydrogens is 226 g/mol. The van der Waals surface area contributed by atoms with Crippen molar-refractivity contribution in [3.8, 4) is 0 Å². The lowest BCUT2D eigenvalue weighted by Gasteiger charge is -2.27. The Balaban J connectivity index is 1.86. The Morgan fingerprint density at radius 1 is 1.38 bits per heavy atom. The Morgan fingerprint density at radius 3 is 2.94 bits per heavy atom. The van der Waals surface area contributed by atoms with E-state index in [0.29, 0.717) is 11.1 Å². The summed E-state index contributed by atoms with van der Waals surface area (Å²) in [7, 11) is 0. The highest BCUT2D eigenvalue weighted by molar-refractivity contribution is 6.29. The van der Waals surface area contributed by atoms with Gasteiger partial charge in [0.25, 0.3) is 0 Å². The van der Waals surface area contributed by atoms with Gasteiger partial charge in [0, 0.05) is 18.5 Å². The number of nitrogens with zero attached hydrogens (tertiary/aromatic N) is 2. The second-order valence-corrected chi connectivity index (χ2v) is 4.61. The van der Waals surface area contributed by atoms with Crippen molar-refractivity contribution in [2.45, 2.75) is 31.8 Å². The van der Waals surface area contributed by atoms with Crippen LogP contribution in [0.25, 0.3) is 0 Å². The molecular formula is C11H16ClN3O. The first-order valence-corrected chi connectivity index (χ1v) is 6.03. The van der Waals surface area contributed by atoms with Crippen LogP contribution in [-0.4, -0.2) is 27.7 Å². The summed E-state index contributed by atoms with van der Waals surface area (Å²) in [6, 6.07) is 1.69. The van der Waals surface area contributed by atoms with Gasteiger partial charge in [-0.1, -0.05) is 24.4 Å². The van der Waals surface area contributed by atoms with E-state index in [1.54, 1.807) is 6.07 Å². The Labute approximate surface area is 100 Å². The second kappa shape index (κ2) is 5.46. The van der Waals surface area contributed by atoms with E-state index in [-0.39, 0.29) is 6.10 Å². The molecule has 1 aliphatic rings. The highest BCUT2D eigenvalue weighted by Crippen LogP contribution is 2.24. The Morgan fingerprint density at radius 2 is 2.19 bits per heavy atom. The molecule has 2 rings (SSSR count). The fraction of sp³-hybridized carbons (Fsp3) is 0.636. The molecule has 1 aliphatic carbocycles. The number of aliphatic hydroxyl groups is 1. The van der Waals surface area contributed by atoms with Gasteiger partial charge in [-0.05, 0) is 12.8 Å². The lowest BCUT2D eigenvalue weighted by molar-refractivity contribution is 0.0763. The number of anilines is 1. The number of aliphatic hydroxyl groups excluding tert-OH is 1. The first-order chi connectivity index (χ1) is 7.75. The predicted molar refractivity (Wildman–Crippen MR) is 63.5 cm³/mol. The van der Waals surface area contributed by atoms with Crippen LogP contribution < -0.4 is 5.32 Å². The first-order valence-electron chi connectivity index (χ1n) is 5.65. The van der Waals surface area contributed by atoms with E-state index in [4.69, 9.17) is 11.6 Å². The quantitative estimate of drug-likeness (QED) is 0.796. The maximum absolute atomic E-state index is 9.80. The number of hydrogen-bond acceptors (Lipinski definition) is 4. The first kappa shape index (κ1) is 11.6. The minimum atomic E-state index is -0.182. The molecule has 2 atom stereocenters. The van der Waals surface area contributed by atoms with E-state index >= 15 is 0 Å². The van der Waals surface area contributed by atoms with Crippen LogP contribution >= 0.6 is 11.6 Å². The molecule has 2 N–H and O–H groups in total. The largest absolute Gasteiger partial charge is 0.393 e. The molecule has 0 bridgehead atoms. The van der Waals surface area contributed by atoms with Gasteiger partial charge in [-0.15, -0.1) is 0 Å². The smallest absolute Gasteiger partial charge is 0.134 e. The van der Waals surface area contributed by atoms with Gasteiger partial charge in [0.05, 0.1) is 6.10 Å². The van der Waals surface area contributed by atoms with Crippen molar-refractivity contribution >= 4 is 17.4 Å². The van der Waals surface area contributed by atoms with Crippen LogP contribution in [0, 0.1) is 5.92 Å². The zero-order chi connectivity index (χ0) is 11.4. The monoisotopic (exact) mass is 241 g/mol. The topological polar surface area (TPSA) is 58.0 Å². The van der Waals surface area contributed by atoms with Crippen molar-refractivity contribution < 1.29 is 5.11 Å². The third-order valence-corrected chi connectivity index (χ3v) is 3.25. The third kappa shape index (κ3) is 3.06. The van der Waals surface area contributed by atoms with Crippen LogP contribution in [-0.2, 0) is 0 Å². The molecule has 0 radical (unpaired) electrons. The molecule has 0 amide bonds. The number of halogens is 1. The van der Waals surface area contributed by atoms with Gasteiger partial charge in [0.1, 0.15) is 17.3 Å². The molecule has 88 valence electrons. The molecule has 0 saturated heterocycles. The molecule has 0 aliphatic heterocycles. The number of hydrogen-bond donors (Lipinski definition) is 2. The molecule has 1 fully saturated rings. The van der Waals surface area contributed by atoms with Crippen LogP contribution in [0.3, 0.4) is 0 Å². The molecule has 1 aromatic rings. The predicted octanol–water partition coefficient (Wildman–Crippen LogP) is 2.09. The molecule has 0 aromatic carbocycles. The van der Waals surface area contributed by atoms with Crippen LogP contribution in [0.2, 0.25) is 5.15 Å². The highest BCUT2D eigenvalue weighted by atomic mass is 35.5. The minimum absolute atomic E-state index is 0.182. The fourth-order valence-electron chi connectivity index (χ4n) is 2.09. The minimum Gasteiger partial charge on any atom is -0.393 e. The molecule has 4 nitrogen and oxygen atoms in total. The second-order valence-electron chi connectivity index (χ2n) is 4.22. The fourth-order valence-corrected chi connectivity index (χ4v) is 2.24. The standard InChI is InChI=1S/C11H16ClN3O/c12-10-5-11(15-7-14-10)13-6-8-3-1-2-4-9(8)16/h5,7-9,16H,1-4,6H2,(H,13,14,15). The van der Waals surface area contributed by atoms with E-state index in [1.807, 2.05) is 0 Å². The van der Waals surface area contributed by atoms with Crippen molar-refractivity contribution in [2.24, 2.45) is 5.92 Å². The summed E-state index contributed by atoms with van der Waals surface area (Å²) in [5.74, 6) is 1.04. The van der Waals surface area contributed by atoms with Crippen LogP contribution in [0.15, 0.2) is 12.4 Å². The lowest BCUT2D eigenvalue weighted by atomic mass is 9.86. The summed E-state index contributed by atoms with van der Waals surface area (Å²) < 4.78 is 0. The molecule has 16 heavy (non-hydrogen) atoms. The van der Waals surface area contributed by atoms with E-state index in [0.717, 1.165) is 31.6 Å². The summed E-state index contributed by atoms with van der Waals surface area (Å²) in [4.78, 5) is 7.88. The van der Waals surface area contributed by atoms with Crippen molar-refractivity contribution in [3.05, 3.63) is 17.5 Å². The number of aromatic nitrogens is 2. The Bertz CT molecular complexity index is 348. The zero-order valence-electron chi connectivity index (χ0n) is 9.06. The lowest BCUT2D eigenvalue weighted by Crippen LogP contribution is -2.30. The van der Waals surface area contributed by atoms with E-state index in [9.17, 15) is 5.11 Å². The van der Waals surface area contributed by atoms with Crippen LogP contribution in [0.1, 0.15) is 25.7 Å². The summed E-state index contributed by atoms with van der Waals surface area (Å²) in [6.07, 6.45) is 5.58. The molecule has 1 heterocycles. The zero-order valence-corrected chi connectivity index (χ0v) is 9.82. The maximum atomic E-state index is 9.80. The number of rotatable bonds is 3.